The van der Waals surface area contributed by atoms with Crippen molar-refractivity contribution in [3.8, 4) is 0 Å². The third-order valence-electron chi connectivity index (χ3n) is 2.85. The molecule has 0 saturated heterocycles. The van der Waals surface area contributed by atoms with Crippen molar-refractivity contribution in [3.05, 3.63) is 0 Å². The van der Waals surface area contributed by atoms with Crippen molar-refractivity contribution in [1.29, 1.82) is 0 Å². The molecule has 0 rings (SSSR count). The van der Waals surface area contributed by atoms with Crippen LogP contribution in [-0.2, 0) is 19.6 Å². The predicted molar refractivity (Wildman–Crippen MR) is 90.2 cm³/mol. The summed E-state index contributed by atoms with van der Waals surface area (Å²) in [6.45, 7) is 13.9. The summed E-state index contributed by atoms with van der Waals surface area (Å²) in [5.41, 5.74) is -0.715. The first-order valence-electron chi connectivity index (χ1n) is 8.83. The molecule has 0 aliphatic carbocycles. The van der Waals surface area contributed by atoms with Crippen molar-refractivity contribution < 1.29 is 19.6 Å². The summed E-state index contributed by atoms with van der Waals surface area (Å²) in [5.74, 6) is 0. The molecule has 134 valence electrons. The SMILES string of the molecule is CCCCCCCCCC(OOC(C)(C)C)OOC(C)(C)C. The van der Waals surface area contributed by atoms with Gasteiger partial charge in [0.05, 0.1) is 11.2 Å². The van der Waals surface area contributed by atoms with Crippen molar-refractivity contribution in [2.45, 2.75) is 117 Å². The molecule has 0 unspecified atom stereocenters. The summed E-state index contributed by atoms with van der Waals surface area (Å²) in [6, 6.07) is 0. The molecule has 0 aromatic rings. The van der Waals surface area contributed by atoms with Crippen LogP contribution in [0.4, 0.5) is 0 Å². The van der Waals surface area contributed by atoms with E-state index in [1.54, 1.807) is 0 Å². The first kappa shape index (κ1) is 21.8. The van der Waals surface area contributed by atoms with Crippen molar-refractivity contribution in [2.75, 3.05) is 0 Å². The maximum atomic E-state index is 5.40. The molecule has 0 bridgehead atoms. The molecule has 4 heteroatoms. The minimum Gasteiger partial charge on any atom is -0.228 e. The van der Waals surface area contributed by atoms with Crippen LogP contribution < -0.4 is 0 Å². The van der Waals surface area contributed by atoms with E-state index in [2.05, 4.69) is 6.92 Å². The highest BCUT2D eigenvalue weighted by Crippen LogP contribution is 2.18. The highest BCUT2D eigenvalue weighted by Gasteiger charge is 2.21. The van der Waals surface area contributed by atoms with Gasteiger partial charge < -0.3 is 0 Å². The van der Waals surface area contributed by atoms with Crippen LogP contribution in [0.25, 0.3) is 0 Å². The molecule has 0 aliphatic heterocycles. The van der Waals surface area contributed by atoms with Gasteiger partial charge in [-0.2, -0.15) is 0 Å². The van der Waals surface area contributed by atoms with Gasteiger partial charge in [-0.05, 0) is 48.0 Å². The van der Waals surface area contributed by atoms with Crippen molar-refractivity contribution in [3.63, 3.8) is 0 Å². The summed E-state index contributed by atoms with van der Waals surface area (Å²) < 4.78 is 0. The van der Waals surface area contributed by atoms with Gasteiger partial charge in [-0.25, -0.2) is 19.6 Å². The second-order valence-electron chi connectivity index (χ2n) is 7.92. The van der Waals surface area contributed by atoms with Gasteiger partial charge in [0.15, 0.2) is 0 Å². The predicted octanol–water partition coefficient (Wildman–Crippen LogP) is 5.95. The van der Waals surface area contributed by atoms with Crippen LogP contribution in [0.5, 0.6) is 0 Å². The number of unbranched alkanes of at least 4 members (excludes halogenated alkanes) is 6. The first-order chi connectivity index (χ1) is 10.1. The van der Waals surface area contributed by atoms with E-state index < -0.39 is 6.29 Å². The lowest BCUT2D eigenvalue weighted by Crippen LogP contribution is -2.29. The molecule has 0 fully saturated rings. The van der Waals surface area contributed by atoms with Gasteiger partial charge in [0, 0.05) is 6.42 Å². The summed E-state index contributed by atoms with van der Waals surface area (Å²) in [6.07, 6.45) is 9.10. The van der Waals surface area contributed by atoms with Crippen LogP contribution in [-0.4, -0.2) is 17.5 Å². The lowest BCUT2D eigenvalue weighted by Gasteiger charge is -2.25. The summed E-state index contributed by atoms with van der Waals surface area (Å²) in [5, 5.41) is 0. The first-order valence-corrected chi connectivity index (χ1v) is 8.83. The maximum Gasteiger partial charge on any atom is 0.224 e. The van der Waals surface area contributed by atoms with Gasteiger partial charge in [0.25, 0.3) is 0 Å². The lowest BCUT2D eigenvalue weighted by molar-refractivity contribution is -0.497. The minimum absolute atomic E-state index is 0.358. The van der Waals surface area contributed by atoms with E-state index in [1.807, 2.05) is 41.5 Å². The molecule has 0 aliphatic rings. The van der Waals surface area contributed by atoms with Crippen molar-refractivity contribution >= 4 is 0 Å². The Kier molecular flexibility index (Phi) is 11.3. The van der Waals surface area contributed by atoms with Gasteiger partial charge >= 0.3 is 0 Å². The number of hydrogen-bond acceptors (Lipinski definition) is 4. The second-order valence-corrected chi connectivity index (χ2v) is 7.92. The Morgan fingerprint density at radius 2 is 1.05 bits per heavy atom. The highest BCUT2D eigenvalue weighted by atomic mass is 17.3. The van der Waals surface area contributed by atoms with E-state index in [1.165, 1.54) is 38.5 Å². The third-order valence-corrected chi connectivity index (χ3v) is 2.85. The fraction of sp³-hybridized carbons (Fsp3) is 1.00. The zero-order chi connectivity index (χ0) is 17.1. The zero-order valence-corrected chi connectivity index (χ0v) is 15.9. The molecule has 0 amide bonds. The molecule has 0 N–H and O–H groups in total. The highest BCUT2D eigenvalue weighted by molar-refractivity contribution is 4.56. The molecular formula is C18H38O4. The molecule has 4 nitrogen and oxygen atoms in total. The largest absolute Gasteiger partial charge is 0.228 e. The Morgan fingerprint density at radius 1 is 0.636 bits per heavy atom. The standard InChI is InChI=1S/C18H38O4/c1-8-9-10-11-12-13-14-15-16(19-21-17(2,3)4)20-22-18(5,6)7/h16H,8-15H2,1-7H3. The molecule has 0 heterocycles. The van der Waals surface area contributed by atoms with Gasteiger partial charge in [-0.1, -0.05) is 45.4 Å². The quantitative estimate of drug-likeness (QED) is 0.193. The van der Waals surface area contributed by atoms with Gasteiger partial charge in [-0.15, -0.1) is 0 Å². The molecule has 0 aromatic heterocycles. The van der Waals surface area contributed by atoms with E-state index in [0.29, 0.717) is 0 Å². The Labute approximate surface area is 137 Å². The van der Waals surface area contributed by atoms with E-state index in [0.717, 1.165) is 12.8 Å². The van der Waals surface area contributed by atoms with Crippen LogP contribution in [0.2, 0.25) is 0 Å². The average molecular weight is 318 g/mol. The summed E-state index contributed by atoms with van der Waals surface area (Å²) >= 11 is 0. The molecule has 22 heavy (non-hydrogen) atoms. The van der Waals surface area contributed by atoms with E-state index in [9.17, 15) is 0 Å². The Bertz CT molecular complexity index is 235. The zero-order valence-electron chi connectivity index (χ0n) is 15.9. The van der Waals surface area contributed by atoms with Crippen LogP contribution in [0, 0.1) is 0 Å². The number of hydrogen-bond donors (Lipinski definition) is 0. The summed E-state index contributed by atoms with van der Waals surface area (Å²) in [7, 11) is 0. The monoisotopic (exact) mass is 318 g/mol. The van der Waals surface area contributed by atoms with Crippen LogP contribution in [0.15, 0.2) is 0 Å². The van der Waals surface area contributed by atoms with Gasteiger partial charge in [-0.3, -0.25) is 0 Å². The van der Waals surface area contributed by atoms with Crippen molar-refractivity contribution in [2.24, 2.45) is 0 Å². The molecular weight excluding hydrogens is 280 g/mol. The number of rotatable bonds is 12. The van der Waals surface area contributed by atoms with Crippen LogP contribution in [0.3, 0.4) is 0 Å². The molecule has 0 saturated carbocycles. The van der Waals surface area contributed by atoms with Crippen molar-refractivity contribution in [1.82, 2.24) is 0 Å². The molecule has 0 aromatic carbocycles. The molecule has 0 atom stereocenters. The second kappa shape index (κ2) is 11.4. The van der Waals surface area contributed by atoms with E-state index in [-0.39, 0.29) is 11.2 Å². The summed E-state index contributed by atoms with van der Waals surface area (Å²) in [4.78, 5) is 21.5. The Hall–Kier alpha value is -0.160. The van der Waals surface area contributed by atoms with Crippen LogP contribution >= 0.6 is 0 Å². The minimum atomic E-state index is -0.478. The Balaban J connectivity index is 3.96. The smallest absolute Gasteiger partial charge is 0.224 e. The van der Waals surface area contributed by atoms with Crippen LogP contribution in [0.1, 0.15) is 99.8 Å². The van der Waals surface area contributed by atoms with E-state index >= 15 is 0 Å². The fourth-order valence-electron chi connectivity index (χ4n) is 1.78. The average Bonchev–Trinajstić information content (AvgIpc) is 2.37. The topological polar surface area (TPSA) is 36.9 Å². The van der Waals surface area contributed by atoms with Gasteiger partial charge in [0.2, 0.25) is 6.29 Å². The maximum absolute atomic E-state index is 5.40. The van der Waals surface area contributed by atoms with E-state index in [4.69, 9.17) is 19.6 Å². The molecule has 0 spiro atoms. The normalized spacial score (nSPS) is 13.1. The fourth-order valence-corrected chi connectivity index (χ4v) is 1.78. The third kappa shape index (κ3) is 16.2. The molecule has 0 radical (unpaired) electrons. The lowest BCUT2D eigenvalue weighted by atomic mass is 10.1. The van der Waals surface area contributed by atoms with Gasteiger partial charge in [0.1, 0.15) is 0 Å². The Morgan fingerprint density at radius 3 is 1.45 bits per heavy atom.